The van der Waals surface area contributed by atoms with Crippen LogP contribution in [-0.4, -0.2) is 5.21 Å². The Morgan fingerprint density at radius 2 is 2.23 bits per heavy atom. The van der Waals surface area contributed by atoms with Crippen LogP contribution in [0.2, 0.25) is 0 Å². The third-order valence-electron chi connectivity index (χ3n) is 2.18. The van der Waals surface area contributed by atoms with Gasteiger partial charge >= 0.3 is 0 Å². The molecule has 1 rings (SSSR count). The van der Waals surface area contributed by atoms with Crippen LogP contribution in [0.1, 0.15) is 30.5 Å². The number of hydrogen-bond acceptors (Lipinski definition) is 2. The molecule has 0 aliphatic heterocycles. The van der Waals surface area contributed by atoms with Gasteiger partial charge in [-0.2, -0.15) is 5.48 Å². The minimum Gasteiger partial charge on any atom is -0.316 e. The summed E-state index contributed by atoms with van der Waals surface area (Å²) >= 11 is 0. The van der Waals surface area contributed by atoms with Crippen molar-refractivity contribution in [2.75, 3.05) is 0 Å². The van der Waals surface area contributed by atoms with Gasteiger partial charge in [0.15, 0.2) is 0 Å². The molecule has 0 amide bonds. The minimum atomic E-state index is -0.269. The predicted octanol–water partition coefficient (Wildman–Crippen LogP) is 2.56. The molecule has 0 aliphatic carbocycles. The average molecular weight is 183 g/mol. The fourth-order valence-electron chi connectivity index (χ4n) is 1.37. The van der Waals surface area contributed by atoms with Gasteiger partial charge in [-0.05, 0) is 36.6 Å². The molecule has 0 aliphatic rings. The topological polar surface area (TPSA) is 32.3 Å². The van der Waals surface area contributed by atoms with Gasteiger partial charge in [0, 0.05) is 0 Å². The highest BCUT2D eigenvalue weighted by Gasteiger charge is 2.10. The number of aryl methyl sites for hydroxylation is 1. The van der Waals surface area contributed by atoms with E-state index in [-0.39, 0.29) is 11.9 Å². The van der Waals surface area contributed by atoms with Crippen molar-refractivity contribution in [2.45, 2.75) is 26.3 Å². The highest BCUT2D eigenvalue weighted by molar-refractivity contribution is 5.29. The van der Waals surface area contributed by atoms with Crippen LogP contribution in [0.15, 0.2) is 18.2 Å². The van der Waals surface area contributed by atoms with E-state index in [1.54, 1.807) is 6.07 Å². The Kier molecular flexibility index (Phi) is 3.39. The fraction of sp³-hybridized carbons (Fsp3) is 0.400. The monoisotopic (exact) mass is 183 g/mol. The molecule has 0 fully saturated rings. The molecule has 13 heavy (non-hydrogen) atoms. The number of benzene rings is 1. The van der Waals surface area contributed by atoms with Gasteiger partial charge in [0.25, 0.3) is 0 Å². The van der Waals surface area contributed by atoms with Crippen LogP contribution in [0.4, 0.5) is 4.39 Å². The first-order valence-corrected chi connectivity index (χ1v) is 4.34. The van der Waals surface area contributed by atoms with Gasteiger partial charge in [-0.15, -0.1) is 0 Å². The lowest BCUT2D eigenvalue weighted by Gasteiger charge is -2.15. The molecule has 0 bridgehead atoms. The minimum absolute atomic E-state index is 0.185. The van der Waals surface area contributed by atoms with Crippen molar-refractivity contribution >= 4 is 0 Å². The Labute approximate surface area is 77.4 Å². The van der Waals surface area contributed by atoms with Crippen molar-refractivity contribution in [3.05, 3.63) is 35.1 Å². The highest BCUT2D eigenvalue weighted by atomic mass is 19.1. The second kappa shape index (κ2) is 4.35. The van der Waals surface area contributed by atoms with Gasteiger partial charge in [-0.3, -0.25) is 0 Å². The van der Waals surface area contributed by atoms with Crippen LogP contribution in [0.3, 0.4) is 0 Å². The van der Waals surface area contributed by atoms with Crippen molar-refractivity contribution < 1.29 is 9.60 Å². The zero-order valence-electron chi connectivity index (χ0n) is 7.84. The first kappa shape index (κ1) is 10.2. The normalized spacial score (nSPS) is 12.9. The number of hydrogen-bond donors (Lipinski definition) is 2. The van der Waals surface area contributed by atoms with Gasteiger partial charge in [-0.25, -0.2) is 4.39 Å². The second-order valence-electron chi connectivity index (χ2n) is 3.09. The van der Waals surface area contributed by atoms with Crippen LogP contribution in [-0.2, 0) is 0 Å². The summed E-state index contributed by atoms with van der Waals surface area (Å²) < 4.78 is 12.9. The third kappa shape index (κ3) is 2.26. The van der Waals surface area contributed by atoms with E-state index < -0.39 is 0 Å². The van der Waals surface area contributed by atoms with E-state index >= 15 is 0 Å². The quantitative estimate of drug-likeness (QED) is 0.706. The molecule has 1 atom stereocenters. The van der Waals surface area contributed by atoms with Gasteiger partial charge in [0.2, 0.25) is 0 Å². The Morgan fingerprint density at radius 3 is 2.77 bits per heavy atom. The summed E-state index contributed by atoms with van der Waals surface area (Å²) in [5.41, 5.74) is 3.96. The van der Waals surface area contributed by atoms with Crippen LogP contribution < -0.4 is 5.48 Å². The van der Waals surface area contributed by atoms with E-state index in [2.05, 4.69) is 5.48 Å². The van der Waals surface area contributed by atoms with Crippen molar-refractivity contribution in [1.29, 1.82) is 0 Å². The lowest BCUT2D eigenvalue weighted by atomic mass is 10.00. The molecule has 2 N–H and O–H groups in total. The number of hydroxylamine groups is 1. The van der Waals surface area contributed by atoms with E-state index in [4.69, 9.17) is 5.21 Å². The maximum absolute atomic E-state index is 12.9. The van der Waals surface area contributed by atoms with Gasteiger partial charge < -0.3 is 5.21 Å². The molecular formula is C10H14FNO. The Balaban J connectivity index is 3.03. The number of nitrogens with one attached hydrogen (secondary N) is 1. The molecule has 0 saturated heterocycles. The van der Waals surface area contributed by atoms with Gasteiger partial charge in [-0.1, -0.05) is 13.0 Å². The van der Waals surface area contributed by atoms with Crippen molar-refractivity contribution in [3.63, 3.8) is 0 Å². The highest BCUT2D eigenvalue weighted by Crippen LogP contribution is 2.20. The summed E-state index contributed by atoms with van der Waals surface area (Å²) in [4.78, 5) is 0. The van der Waals surface area contributed by atoms with Crippen molar-refractivity contribution in [1.82, 2.24) is 5.48 Å². The number of rotatable bonds is 3. The molecule has 0 spiro atoms. The van der Waals surface area contributed by atoms with E-state index in [0.717, 1.165) is 17.5 Å². The van der Waals surface area contributed by atoms with Gasteiger partial charge in [0.05, 0.1) is 6.04 Å². The zero-order chi connectivity index (χ0) is 9.84. The third-order valence-corrected chi connectivity index (χ3v) is 2.18. The van der Waals surface area contributed by atoms with Gasteiger partial charge in [0.1, 0.15) is 5.82 Å². The zero-order valence-corrected chi connectivity index (χ0v) is 7.84. The largest absolute Gasteiger partial charge is 0.316 e. The standard InChI is InChI=1S/C10H14FNO/c1-3-10(12-13)9-6-8(11)5-4-7(9)2/h4-6,10,12-13H,3H2,1-2H3/t10-/m1/s1. The maximum atomic E-state index is 12.9. The first-order chi connectivity index (χ1) is 6.19. The summed E-state index contributed by atoms with van der Waals surface area (Å²) in [6.07, 6.45) is 0.723. The molecule has 0 aromatic heterocycles. The predicted molar refractivity (Wildman–Crippen MR) is 49.1 cm³/mol. The summed E-state index contributed by atoms with van der Waals surface area (Å²) in [5, 5.41) is 8.82. The van der Waals surface area contributed by atoms with Crippen molar-refractivity contribution in [2.24, 2.45) is 0 Å². The van der Waals surface area contributed by atoms with Crippen LogP contribution in [0.25, 0.3) is 0 Å². The van der Waals surface area contributed by atoms with Crippen molar-refractivity contribution in [3.8, 4) is 0 Å². The average Bonchev–Trinajstić information content (AvgIpc) is 2.13. The van der Waals surface area contributed by atoms with E-state index in [9.17, 15) is 4.39 Å². The molecule has 1 aromatic carbocycles. The Hall–Kier alpha value is -0.930. The molecule has 72 valence electrons. The molecule has 0 radical (unpaired) electrons. The molecule has 0 heterocycles. The fourth-order valence-corrected chi connectivity index (χ4v) is 1.37. The SMILES string of the molecule is CC[C@@H](NO)c1cc(F)ccc1C. The first-order valence-electron chi connectivity index (χ1n) is 4.34. The maximum Gasteiger partial charge on any atom is 0.123 e. The second-order valence-corrected chi connectivity index (χ2v) is 3.09. The summed E-state index contributed by atoms with van der Waals surface area (Å²) in [7, 11) is 0. The lowest BCUT2D eigenvalue weighted by molar-refractivity contribution is 0.123. The molecule has 1 aromatic rings. The molecule has 0 saturated carbocycles. The Morgan fingerprint density at radius 1 is 1.54 bits per heavy atom. The van der Waals surface area contributed by atoms with Crippen LogP contribution in [0, 0.1) is 12.7 Å². The van der Waals surface area contributed by atoms with E-state index in [0.29, 0.717) is 0 Å². The van der Waals surface area contributed by atoms with Crippen LogP contribution >= 0.6 is 0 Å². The molecule has 0 unspecified atom stereocenters. The summed E-state index contributed by atoms with van der Waals surface area (Å²) in [6, 6.07) is 4.40. The van der Waals surface area contributed by atoms with E-state index in [1.807, 2.05) is 13.8 Å². The smallest absolute Gasteiger partial charge is 0.123 e. The number of halogens is 1. The molecule has 3 heteroatoms. The summed E-state index contributed by atoms with van der Waals surface area (Å²) in [6.45, 7) is 3.83. The summed E-state index contributed by atoms with van der Waals surface area (Å²) in [5.74, 6) is -0.269. The molecular weight excluding hydrogens is 169 g/mol. The van der Waals surface area contributed by atoms with E-state index in [1.165, 1.54) is 12.1 Å². The lowest BCUT2D eigenvalue weighted by Crippen LogP contribution is -2.17. The Bertz CT molecular complexity index is 284. The molecule has 2 nitrogen and oxygen atoms in total. The van der Waals surface area contributed by atoms with Crippen LogP contribution in [0.5, 0.6) is 0 Å².